The maximum atomic E-state index is 7.90. The molecular weight excluding hydrogens is 268 g/mol. The molecule has 0 spiro atoms. The molecule has 3 N–H and O–H groups in total. The summed E-state index contributed by atoms with van der Waals surface area (Å²) in [5, 5.41) is 12.5. The Kier molecular flexibility index (Phi) is 4.18. The number of nitrogens with one attached hydrogen (secondary N) is 1. The van der Waals surface area contributed by atoms with Crippen molar-refractivity contribution < 1.29 is 0 Å². The lowest BCUT2D eigenvalue weighted by Gasteiger charge is -2.14. The molecule has 2 rings (SSSR count). The van der Waals surface area contributed by atoms with E-state index in [2.05, 4.69) is 18.9 Å². The monoisotopic (exact) mass is 288 g/mol. The van der Waals surface area contributed by atoms with Gasteiger partial charge in [-0.25, -0.2) is 4.68 Å². The Balaban J connectivity index is 2.70. The summed E-state index contributed by atoms with van der Waals surface area (Å²) in [5.74, 6) is 1.03. The predicted molar refractivity (Wildman–Crippen MR) is 85.2 cm³/mol. The number of hydrogen-bond acceptors (Lipinski definition) is 3. The van der Waals surface area contributed by atoms with Crippen LogP contribution < -0.4 is 5.73 Å². The minimum atomic E-state index is 0.0850. The van der Waals surface area contributed by atoms with Gasteiger partial charge in [0.05, 0.1) is 16.9 Å². The third-order valence-electron chi connectivity index (χ3n) is 3.45. The molecule has 2 aromatic rings. The second kappa shape index (κ2) is 5.71. The van der Waals surface area contributed by atoms with Crippen molar-refractivity contribution in [1.82, 2.24) is 9.78 Å². The first-order valence-corrected chi connectivity index (χ1v) is 7.59. The fraction of sp³-hybridized carbons (Fsp3) is 0.333. The molecule has 106 valence electrons. The van der Waals surface area contributed by atoms with Gasteiger partial charge in [0.15, 0.2) is 0 Å². The van der Waals surface area contributed by atoms with Gasteiger partial charge < -0.3 is 5.73 Å². The zero-order valence-corrected chi connectivity index (χ0v) is 13.1. The third kappa shape index (κ3) is 2.45. The molecule has 0 unspecified atom stereocenters. The molecule has 1 aromatic heterocycles. The van der Waals surface area contributed by atoms with E-state index < -0.39 is 0 Å². The largest absolute Gasteiger partial charge is 0.384 e. The summed E-state index contributed by atoms with van der Waals surface area (Å²) in [6.07, 6.45) is 0. The highest BCUT2D eigenvalue weighted by Crippen LogP contribution is 2.28. The van der Waals surface area contributed by atoms with E-state index in [1.54, 1.807) is 11.8 Å². The van der Waals surface area contributed by atoms with Crippen LogP contribution in [0.1, 0.15) is 29.4 Å². The van der Waals surface area contributed by atoms with E-state index in [-0.39, 0.29) is 5.84 Å². The van der Waals surface area contributed by atoms with Crippen molar-refractivity contribution in [3.8, 4) is 5.69 Å². The first kappa shape index (κ1) is 14.7. The number of nitrogens with zero attached hydrogens (tertiary/aromatic N) is 2. The molecule has 0 radical (unpaired) electrons. The summed E-state index contributed by atoms with van der Waals surface area (Å²) in [7, 11) is 0. The van der Waals surface area contributed by atoms with Crippen molar-refractivity contribution in [3.05, 3.63) is 40.7 Å². The van der Waals surface area contributed by atoms with Crippen molar-refractivity contribution in [3.63, 3.8) is 0 Å². The van der Waals surface area contributed by atoms with Gasteiger partial charge in [0.25, 0.3) is 0 Å². The van der Waals surface area contributed by atoms with Gasteiger partial charge in [-0.1, -0.05) is 13.0 Å². The minimum Gasteiger partial charge on any atom is -0.384 e. The fourth-order valence-corrected chi connectivity index (χ4v) is 3.04. The highest BCUT2D eigenvalue weighted by atomic mass is 32.2. The van der Waals surface area contributed by atoms with E-state index in [9.17, 15) is 0 Å². The van der Waals surface area contributed by atoms with E-state index in [0.717, 1.165) is 33.3 Å². The molecule has 0 aliphatic heterocycles. The molecule has 0 aliphatic rings. The third-order valence-corrected chi connectivity index (χ3v) is 4.39. The number of hydrogen-bond donors (Lipinski definition) is 2. The molecular formula is C15H20N4S. The van der Waals surface area contributed by atoms with E-state index in [1.165, 1.54) is 5.56 Å². The van der Waals surface area contributed by atoms with E-state index in [4.69, 9.17) is 11.1 Å². The number of nitrogen functional groups attached to an aromatic ring is 1. The Morgan fingerprint density at radius 3 is 2.55 bits per heavy atom. The quantitative estimate of drug-likeness (QED) is 0.516. The van der Waals surface area contributed by atoms with Crippen LogP contribution in [0.2, 0.25) is 0 Å². The number of aryl methyl sites for hydroxylation is 1. The van der Waals surface area contributed by atoms with Crippen LogP contribution in [0.15, 0.2) is 23.1 Å². The number of nitrogens with two attached hydrogens (primary N) is 1. The standard InChI is InChI=1S/C15H20N4S/c1-5-20-13-8-6-7-12(14(13)15(16)17)19-11(4)9(2)10(3)18-19/h6-8H,5H2,1-4H3,(H3,16,17). The molecule has 1 heterocycles. The molecule has 0 fully saturated rings. The van der Waals surface area contributed by atoms with Gasteiger partial charge in [0.2, 0.25) is 0 Å². The van der Waals surface area contributed by atoms with Gasteiger partial charge in [0.1, 0.15) is 5.84 Å². The normalized spacial score (nSPS) is 10.8. The molecule has 20 heavy (non-hydrogen) atoms. The number of thioether (sulfide) groups is 1. The lowest BCUT2D eigenvalue weighted by atomic mass is 10.1. The van der Waals surface area contributed by atoms with Crippen LogP contribution in [0, 0.1) is 26.2 Å². The first-order valence-electron chi connectivity index (χ1n) is 6.60. The summed E-state index contributed by atoms with van der Waals surface area (Å²) < 4.78 is 1.89. The molecule has 1 aromatic carbocycles. The second-order valence-corrected chi connectivity index (χ2v) is 6.01. The highest BCUT2D eigenvalue weighted by Gasteiger charge is 2.16. The van der Waals surface area contributed by atoms with Crippen LogP contribution in [-0.2, 0) is 0 Å². The van der Waals surface area contributed by atoms with Gasteiger partial charge in [-0.15, -0.1) is 11.8 Å². The minimum absolute atomic E-state index is 0.0850. The van der Waals surface area contributed by atoms with Gasteiger partial charge in [-0.05, 0) is 44.2 Å². The maximum Gasteiger partial charge on any atom is 0.126 e. The van der Waals surface area contributed by atoms with Crippen molar-refractivity contribution in [2.45, 2.75) is 32.6 Å². The maximum absolute atomic E-state index is 7.90. The Hall–Kier alpha value is -1.75. The molecule has 0 bridgehead atoms. The van der Waals surface area contributed by atoms with Crippen molar-refractivity contribution >= 4 is 17.6 Å². The van der Waals surface area contributed by atoms with Crippen molar-refractivity contribution in [1.29, 1.82) is 5.41 Å². The topological polar surface area (TPSA) is 67.7 Å². The summed E-state index contributed by atoms with van der Waals surface area (Å²) in [6, 6.07) is 5.97. The van der Waals surface area contributed by atoms with E-state index >= 15 is 0 Å². The SMILES string of the molecule is CCSc1cccc(-n2nc(C)c(C)c2C)c1C(=N)N. The molecule has 0 saturated heterocycles. The van der Waals surface area contributed by atoms with Crippen LogP contribution in [0.25, 0.3) is 5.69 Å². The summed E-state index contributed by atoms with van der Waals surface area (Å²) in [6.45, 7) is 8.19. The summed E-state index contributed by atoms with van der Waals surface area (Å²) in [5.41, 5.74) is 10.7. The Bertz CT molecular complexity index is 658. The van der Waals surface area contributed by atoms with Gasteiger partial charge in [-0.2, -0.15) is 5.10 Å². The molecule has 0 amide bonds. The smallest absolute Gasteiger partial charge is 0.126 e. The Labute approximate surface area is 123 Å². The van der Waals surface area contributed by atoms with Gasteiger partial charge in [-0.3, -0.25) is 5.41 Å². The Morgan fingerprint density at radius 1 is 1.35 bits per heavy atom. The molecule has 5 heteroatoms. The fourth-order valence-electron chi connectivity index (χ4n) is 2.20. The number of rotatable bonds is 4. The van der Waals surface area contributed by atoms with Crippen LogP contribution in [-0.4, -0.2) is 21.4 Å². The molecule has 0 aliphatic carbocycles. The lowest BCUT2D eigenvalue weighted by molar-refractivity contribution is 0.828. The van der Waals surface area contributed by atoms with Crippen LogP contribution in [0.5, 0.6) is 0 Å². The van der Waals surface area contributed by atoms with Gasteiger partial charge in [0, 0.05) is 10.6 Å². The number of benzene rings is 1. The predicted octanol–water partition coefficient (Wildman–Crippen LogP) is 3.19. The zero-order valence-electron chi connectivity index (χ0n) is 12.3. The number of amidine groups is 1. The first-order chi connectivity index (χ1) is 9.47. The second-order valence-electron chi connectivity index (χ2n) is 4.70. The van der Waals surface area contributed by atoms with E-state index in [1.807, 2.05) is 36.7 Å². The van der Waals surface area contributed by atoms with E-state index in [0.29, 0.717) is 0 Å². The van der Waals surface area contributed by atoms with Crippen molar-refractivity contribution in [2.75, 3.05) is 5.75 Å². The summed E-state index contributed by atoms with van der Waals surface area (Å²) in [4.78, 5) is 1.03. The highest BCUT2D eigenvalue weighted by molar-refractivity contribution is 7.99. The number of aromatic nitrogens is 2. The van der Waals surface area contributed by atoms with Crippen molar-refractivity contribution in [2.24, 2.45) is 5.73 Å². The lowest BCUT2D eigenvalue weighted by Crippen LogP contribution is -2.17. The van der Waals surface area contributed by atoms with Crippen LogP contribution in [0.4, 0.5) is 0 Å². The Morgan fingerprint density at radius 2 is 2.05 bits per heavy atom. The zero-order chi connectivity index (χ0) is 14.9. The molecule has 0 atom stereocenters. The molecule has 4 nitrogen and oxygen atoms in total. The summed E-state index contributed by atoms with van der Waals surface area (Å²) >= 11 is 1.69. The van der Waals surface area contributed by atoms with Crippen LogP contribution >= 0.6 is 11.8 Å². The molecule has 0 saturated carbocycles. The average Bonchev–Trinajstić information content (AvgIpc) is 2.66. The van der Waals surface area contributed by atoms with Crippen LogP contribution in [0.3, 0.4) is 0 Å². The average molecular weight is 288 g/mol. The van der Waals surface area contributed by atoms with Gasteiger partial charge >= 0.3 is 0 Å².